The van der Waals surface area contributed by atoms with Crippen LogP contribution in [0.2, 0.25) is 0 Å². The van der Waals surface area contributed by atoms with Gasteiger partial charge in [-0.3, -0.25) is 9.59 Å². The van der Waals surface area contributed by atoms with Crippen molar-refractivity contribution in [3.63, 3.8) is 0 Å². The Bertz CT molecular complexity index is 848. The maximum atomic E-state index is 12.7. The molecule has 1 aliphatic rings. The van der Waals surface area contributed by atoms with Gasteiger partial charge in [-0.2, -0.15) is 0 Å². The SMILES string of the molecule is CCCN(CC(=O)Nc1ccccc1C)C(=O)CSc1nnc(C2CCCCC2)o1. The number of benzene rings is 1. The molecule has 162 valence electrons. The number of hydrogen-bond donors (Lipinski definition) is 1. The van der Waals surface area contributed by atoms with Crippen LogP contribution in [0.3, 0.4) is 0 Å². The number of para-hydroxylation sites is 1. The quantitative estimate of drug-likeness (QED) is 0.594. The zero-order valence-electron chi connectivity index (χ0n) is 17.7. The monoisotopic (exact) mass is 430 g/mol. The Kier molecular flexibility index (Phi) is 8.30. The summed E-state index contributed by atoms with van der Waals surface area (Å²) in [5.41, 5.74) is 1.75. The molecule has 30 heavy (non-hydrogen) atoms. The molecule has 0 atom stereocenters. The van der Waals surface area contributed by atoms with Gasteiger partial charge in [0.2, 0.25) is 17.7 Å². The minimum atomic E-state index is -0.200. The summed E-state index contributed by atoms with van der Waals surface area (Å²) in [5, 5.41) is 11.6. The van der Waals surface area contributed by atoms with Crippen LogP contribution in [0.4, 0.5) is 5.69 Å². The molecular weight excluding hydrogens is 400 g/mol. The van der Waals surface area contributed by atoms with Crippen LogP contribution < -0.4 is 5.32 Å². The van der Waals surface area contributed by atoms with E-state index in [1.54, 1.807) is 4.90 Å². The summed E-state index contributed by atoms with van der Waals surface area (Å²) in [5.74, 6) is 0.891. The van der Waals surface area contributed by atoms with Crippen LogP contribution in [0.5, 0.6) is 0 Å². The number of nitrogens with zero attached hydrogens (tertiary/aromatic N) is 3. The minimum Gasteiger partial charge on any atom is -0.416 e. The van der Waals surface area contributed by atoms with Crippen LogP contribution in [-0.2, 0) is 9.59 Å². The molecular formula is C22H30N4O3S. The van der Waals surface area contributed by atoms with Gasteiger partial charge in [0.05, 0.1) is 12.3 Å². The van der Waals surface area contributed by atoms with Crippen molar-refractivity contribution in [2.24, 2.45) is 0 Å². The average Bonchev–Trinajstić information content (AvgIpc) is 3.23. The van der Waals surface area contributed by atoms with Gasteiger partial charge in [-0.1, -0.05) is 56.1 Å². The second kappa shape index (κ2) is 11.2. The first-order chi connectivity index (χ1) is 14.6. The van der Waals surface area contributed by atoms with Crippen LogP contribution in [0.15, 0.2) is 33.9 Å². The summed E-state index contributed by atoms with van der Waals surface area (Å²) in [7, 11) is 0. The molecule has 1 N–H and O–H groups in total. The van der Waals surface area contributed by atoms with Crippen molar-refractivity contribution in [2.45, 2.75) is 63.5 Å². The Morgan fingerprint density at radius 3 is 2.70 bits per heavy atom. The highest BCUT2D eigenvalue weighted by atomic mass is 32.2. The normalized spacial score (nSPS) is 14.5. The van der Waals surface area contributed by atoms with Gasteiger partial charge >= 0.3 is 0 Å². The maximum absolute atomic E-state index is 12.7. The molecule has 8 heteroatoms. The van der Waals surface area contributed by atoms with E-state index in [9.17, 15) is 9.59 Å². The Morgan fingerprint density at radius 2 is 1.97 bits per heavy atom. The molecule has 2 aromatic rings. The fourth-order valence-electron chi connectivity index (χ4n) is 3.65. The zero-order chi connectivity index (χ0) is 21.3. The summed E-state index contributed by atoms with van der Waals surface area (Å²) < 4.78 is 5.78. The molecule has 0 spiro atoms. The van der Waals surface area contributed by atoms with Gasteiger partial charge in [-0.05, 0) is 37.8 Å². The maximum Gasteiger partial charge on any atom is 0.277 e. The van der Waals surface area contributed by atoms with Gasteiger partial charge in [0.25, 0.3) is 5.22 Å². The zero-order valence-corrected chi connectivity index (χ0v) is 18.5. The van der Waals surface area contributed by atoms with Crippen molar-refractivity contribution in [1.29, 1.82) is 0 Å². The van der Waals surface area contributed by atoms with Crippen LogP contribution in [0.25, 0.3) is 0 Å². The molecule has 1 fully saturated rings. The van der Waals surface area contributed by atoms with Gasteiger partial charge < -0.3 is 14.6 Å². The Hall–Kier alpha value is -2.35. The van der Waals surface area contributed by atoms with E-state index in [0.717, 1.165) is 30.5 Å². The number of nitrogens with one attached hydrogen (secondary N) is 1. The van der Waals surface area contributed by atoms with Crippen molar-refractivity contribution in [3.8, 4) is 0 Å². The smallest absolute Gasteiger partial charge is 0.277 e. The molecule has 0 saturated heterocycles. The van der Waals surface area contributed by atoms with E-state index >= 15 is 0 Å². The molecule has 0 radical (unpaired) electrons. The van der Waals surface area contributed by atoms with Crippen molar-refractivity contribution in [1.82, 2.24) is 15.1 Å². The van der Waals surface area contributed by atoms with Crippen LogP contribution in [-0.4, -0.2) is 45.8 Å². The number of aromatic nitrogens is 2. The molecule has 0 unspecified atom stereocenters. The largest absolute Gasteiger partial charge is 0.416 e. The molecule has 1 aromatic heterocycles. The Balaban J connectivity index is 1.51. The highest BCUT2D eigenvalue weighted by Crippen LogP contribution is 2.32. The fraction of sp³-hybridized carbons (Fsp3) is 0.545. The molecule has 7 nitrogen and oxygen atoms in total. The Labute approximate surface area is 182 Å². The first kappa shape index (κ1) is 22.3. The van der Waals surface area contributed by atoms with E-state index in [1.807, 2.05) is 38.1 Å². The molecule has 1 saturated carbocycles. The number of rotatable bonds is 9. The van der Waals surface area contributed by atoms with Gasteiger partial charge in [0.1, 0.15) is 0 Å². The van der Waals surface area contributed by atoms with Crippen molar-refractivity contribution in [2.75, 3.05) is 24.2 Å². The first-order valence-corrected chi connectivity index (χ1v) is 11.6. The van der Waals surface area contributed by atoms with Crippen LogP contribution in [0.1, 0.15) is 62.8 Å². The molecule has 2 amide bonds. The Morgan fingerprint density at radius 1 is 1.20 bits per heavy atom. The van der Waals surface area contributed by atoms with E-state index in [2.05, 4.69) is 15.5 Å². The summed E-state index contributed by atoms with van der Waals surface area (Å²) in [6, 6.07) is 7.59. The second-order valence-corrected chi connectivity index (χ2v) is 8.63. The number of amides is 2. The van der Waals surface area contributed by atoms with Gasteiger partial charge in [0.15, 0.2) is 0 Å². The third-order valence-electron chi connectivity index (χ3n) is 5.30. The highest BCUT2D eigenvalue weighted by Gasteiger charge is 2.23. The van der Waals surface area contributed by atoms with Gasteiger partial charge in [-0.25, -0.2) is 0 Å². The molecule has 0 aliphatic heterocycles. The van der Waals surface area contributed by atoms with Crippen LogP contribution in [0, 0.1) is 6.92 Å². The van der Waals surface area contributed by atoms with E-state index < -0.39 is 0 Å². The van der Waals surface area contributed by atoms with E-state index in [-0.39, 0.29) is 24.1 Å². The number of thioether (sulfide) groups is 1. The van der Waals surface area contributed by atoms with Crippen molar-refractivity contribution in [3.05, 3.63) is 35.7 Å². The number of aryl methyl sites for hydroxylation is 1. The van der Waals surface area contributed by atoms with E-state index in [4.69, 9.17) is 4.42 Å². The van der Waals surface area contributed by atoms with E-state index in [0.29, 0.717) is 23.6 Å². The molecule has 1 heterocycles. The second-order valence-electron chi connectivity index (χ2n) is 7.71. The lowest BCUT2D eigenvalue weighted by atomic mass is 9.89. The highest BCUT2D eigenvalue weighted by molar-refractivity contribution is 7.99. The number of hydrogen-bond acceptors (Lipinski definition) is 6. The van der Waals surface area contributed by atoms with Crippen molar-refractivity contribution >= 4 is 29.3 Å². The average molecular weight is 431 g/mol. The number of anilines is 1. The summed E-state index contributed by atoms with van der Waals surface area (Å²) in [4.78, 5) is 26.7. The third kappa shape index (κ3) is 6.32. The lowest BCUT2D eigenvalue weighted by Gasteiger charge is -2.21. The fourth-order valence-corrected chi connectivity index (χ4v) is 4.32. The van der Waals surface area contributed by atoms with Gasteiger partial charge in [-0.15, -0.1) is 10.2 Å². The van der Waals surface area contributed by atoms with Gasteiger partial charge in [0, 0.05) is 18.2 Å². The molecule has 3 rings (SSSR count). The van der Waals surface area contributed by atoms with Crippen LogP contribution >= 0.6 is 11.8 Å². The lowest BCUT2D eigenvalue weighted by molar-refractivity contribution is -0.132. The molecule has 0 bridgehead atoms. The number of carbonyl (C=O) groups is 2. The van der Waals surface area contributed by atoms with Crippen molar-refractivity contribution < 1.29 is 14.0 Å². The predicted octanol–water partition coefficient (Wildman–Crippen LogP) is 4.40. The predicted molar refractivity (Wildman–Crippen MR) is 118 cm³/mol. The minimum absolute atomic E-state index is 0.0265. The summed E-state index contributed by atoms with van der Waals surface area (Å²) in [6.45, 7) is 4.48. The molecule has 1 aliphatic carbocycles. The standard InChI is InChI=1S/C22H30N4O3S/c1-3-13-26(14-19(27)23-18-12-8-7-9-16(18)2)20(28)15-30-22-25-24-21(29-22)17-10-5-4-6-11-17/h7-9,12,17H,3-6,10-11,13-15H2,1-2H3,(H,23,27). The topological polar surface area (TPSA) is 88.3 Å². The third-order valence-corrected chi connectivity index (χ3v) is 6.10. The first-order valence-electron chi connectivity index (χ1n) is 10.7. The summed E-state index contributed by atoms with van der Waals surface area (Å²) in [6.07, 6.45) is 6.62. The summed E-state index contributed by atoms with van der Waals surface area (Å²) >= 11 is 1.24. The van der Waals surface area contributed by atoms with E-state index in [1.165, 1.54) is 31.0 Å². The lowest BCUT2D eigenvalue weighted by Crippen LogP contribution is -2.39. The molecule has 1 aromatic carbocycles. The number of carbonyl (C=O) groups excluding carboxylic acids is 2.